The van der Waals surface area contributed by atoms with E-state index in [9.17, 15) is 4.79 Å². The minimum atomic E-state index is -0.317. The van der Waals surface area contributed by atoms with Crippen molar-refractivity contribution in [2.75, 3.05) is 0 Å². The monoisotopic (exact) mass is 413 g/mol. The highest BCUT2D eigenvalue weighted by atomic mass is 35.5. The molecule has 2 aromatic carbocycles. The van der Waals surface area contributed by atoms with Crippen molar-refractivity contribution < 1.29 is 4.74 Å². The van der Waals surface area contributed by atoms with E-state index in [-0.39, 0.29) is 12.3 Å². The van der Waals surface area contributed by atoms with Crippen LogP contribution in [0.2, 0.25) is 5.02 Å². The molecule has 2 heterocycles. The van der Waals surface area contributed by atoms with Crippen molar-refractivity contribution in [1.82, 2.24) is 24.8 Å². The summed E-state index contributed by atoms with van der Waals surface area (Å²) < 4.78 is 8.37. The Morgan fingerprint density at radius 2 is 1.96 bits per heavy atom. The zero-order valence-electron chi connectivity index (χ0n) is 15.2. The first-order valence-electron chi connectivity index (χ1n) is 8.45. The Balaban J connectivity index is 1.61. The maximum atomic E-state index is 12.2. The molecule has 4 aromatic rings. The molecular weight excluding hydrogens is 398 g/mol. The maximum absolute atomic E-state index is 12.2. The molecule has 0 aliphatic rings. The molecule has 0 amide bonds. The van der Waals surface area contributed by atoms with Crippen LogP contribution in [-0.4, -0.2) is 24.8 Å². The summed E-state index contributed by atoms with van der Waals surface area (Å²) in [6.45, 7) is 2.21. The molecule has 0 unspecified atom stereocenters. The Labute approximate surface area is 169 Å². The van der Waals surface area contributed by atoms with Gasteiger partial charge in [-0.3, -0.25) is 0 Å². The summed E-state index contributed by atoms with van der Waals surface area (Å²) >= 11 is 7.64. The average molecular weight is 414 g/mol. The summed E-state index contributed by atoms with van der Waals surface area (Å²) in [6, 6.07) is 13.2. The SMILES string of the molecule is Cc1cccc(-n2nnn(C)c2=O)c1COc1nc(-c2ccccc2Cl)cs1. The van der Waals surface area contributed by atoms with Crippen LogP contribution in [0.3, 0.4) is 0 Å². The molecule has 0 atom stereocenters. The van der Waals surface area contributed by atoms with Gasteiger partial charge in [-0.2, -0.15) is 9.36 Å². The van der Waals surface area contributed by atoms with Gasteiger partial charge in [0, 0.05) is 28.6 Å². The lowest BCUT2D eigenvalue weighted by molar-refractivity contribution is 0.303. The van der Waals surface area contributed by atoms with Crippen molar-refractivity contribution in [1.29, 1.82) is 0 Å². The maximum Gasteiger partial charge on any atom is 0.368 e. The topological polar surface area (TPSA) is 74.8 Å². The van der Waals surface area contributed by atoms with Crippen molar-refractivity contribution in [3.05, 3.63) is 74.5 Å². The Bertz CT molecular complexity index is 1200. The summed E-state index contributed by atoms with van der Waals surface area (Å²) in [5.74, 6) is 0. The van der Waals surface area contributed by atoms with Crippen molar-refractivity contribution in [3.8, 4) is 22.1 Å². The van der Waals surface area contributed by atoms with Crippen molar-refractivity contribution in [2.24, 2.45) is 7.05 Å². The van der Waals surface area contributed by atoms with E-state index in [1.807, 2.05) is 54.8 Å². The van der Waals surface area contributed by atoms with Crippen LogP contribution in [0.15, 0.2) is 52.6 Å². The fourth-order valence-electron chi connectivity index (χ4n) is 2.79. The van der Waals surface area contributed by atoms with Gasteiger partial charge in [0.25, 0.3) is 5.19 Å². The fraction of sp³-hybridized carbons (Fsp3) is 0.158. The fourth-order valence-corrected chi connectivity index (χ4v) is 3.69. The standard InChI is InChI=1S/C19H16ClN5O2S/c1-12-6-5-9-17(25-19(26)24(2)22-23-25)14(12)10-27-18-21-16(11-28-18)13-7-3-4-8-15(13)20/h3-9,11H,10H2,1-2H3. The first kappa shape index (κ1) is 18.4. The van der Waals surface area contributed by atoms with Gasteiger partial charge in [0.15, 0.2) is 0 Å². The number of halogens is 1. The second-order valence-corrected chi connectivity index (χ2v) is 7.36. The van der Waals surface area contributed by atoms with E-state index < -0.39 is 0 Å². The van der Waals surface area contributed by atoms with Crippen LogP contribution in [0, 0.1) is 6.92 Å². The van der Waals surface area contributed by atoms with Crippen LogP contribution in [0.5, 0.6) is 5.19 Å². The predicted octanol–water partition coefficient (Wildman–Crippen LogP) is 3.63. The quantitative estimate of drug-likeness (QED) is 0.499. The molecule has 9 heteroatoms. The molecule has 0 aliphatic carbocycles. The van der Waals surface area contributed by atoms with Gasteiger partial charge >= 0.3 is 5.69 Å². The highest BCUT2D eigenvalue weighted by Crippen LogP contribution is 2.31. The molecule has 142 valence electrons. The molecule has 0 aliphatic heterocycles. The van der Waals surface area contributed by atoms with Gasteiger partial charge in [-0.05, 0) is 35.0 Å². The van der Waals surface area contributed by atoms with E-state index in [2.05, 4.69) is 15.4 Å². The molecular formula is C19H16ClN5O2S. The molecule has 2 aromatic heterocycles. The lowest BCUT2D eigenvalue weighted by atomic mass is 10.1. The zero-order valence-corrected chi connectivity index (χ0v) is 16.7. The van der Waals surface area contributed by atoms with Gasteiger partial charge in [-0.15, -0.1) is 0 Å². The van der Waals surface area contributed by atoms with Gasteiger partial charge in [0.05, 0.1) is 11.4 Å². The Morgan fingerprint density at radius 1 is 1.14 bits per heavy atom. The van der Waals surface area contributed by atoms with Crippen LogP contribution in [-0.2, 0) is 13.7 Å². The number of ether oxygens (including phenoxy) is 1. The van der Waals surface area contributed by atoms with E-state index in [4.69, 9.17) is 16.3 Å². The van der Waals surface area contributed by atoms with E-state index in [0.717, 1.165) is 22.4 Å². The number of aromatic nitrogens is 5. The lowest BCUT2D eigenvalue weighted by Crippen LogP contribution is -2.23. The third-order valence-electron chi connectivity index (χ3n) is 4.31. The van der Waals surface area contributed by atoms with Crippen molar-refractivity contribution in [2.45, 2.75) is 13.5 Å². The number of hydrogen-bond donors (Lipinski definition) is 0. The Hall–Kier alpha value is -2.97. The molecule has 7 nitrogen and oxygen atoms in total. The summed E-state index contributed by atoms with van der Waals surface area (Å²) in [5.41, 5.74) is 3.78. The average Bonchev–Trinajstić information content (AvgIpc) is 3.28. The molecule has 28 heavy (non-hydrogen) atoms. The van der Waals surface area contributed by atoms with E-state index in [1.54, 1.807) is 7.05 Å². The number of rotatable bonds is 5. The van der Waals surface area contributed by atoms with E-state index in [1.165, 1.54) is 20.7 Å². The van der Waals surface area contributed by atoms with Gasteiger partial charge < -0.3 is 4.74 Å². The van der Waals surface area contributed by atoms with Gasteiger partial charge in [0.1, 0.15) is 6.61 Å². The van der Waals surface area contributed by atoms with Crippen LogP contribution >= 0.6 is 22.9 Å². The first-order chi connectivity index (χ1) is 13.5. The van der Waals surface area contributed by atoms with Crippen molar-refractivity contribution >= 4 is 22.9 Å². The van der Waals surface area contributed by atoms with Gasteiger partial charge in [-0.25, -0.2) is 9.78 Å². The molecule has 0 N–H and O–H groups in total. The Morgan fingerprint density at radius 3 is 2.71 bits per heavy atom. The largest absolute Gasteiger partial charge is 0.465 e. The molecule has 4 rings (SSSR count). The lowest BCUT2D eigenvalue weighted by Gasteiger charge is -2.11. The summed E-state index contributed by atoms with van der Waals surface area (Å²) in [5, 5.41) is 10.8. The summed E-state index contributed by atoms with van der Waals surface area (Å²) in [4.78, 5) is 16.8. The number of nitrogens with zero attached hydrogens (tertiary/aromatic N) is 5. The van der Waals surface area contributed by atoms with Crippen LogP contribution in [0.4, 0.5) is 0 Å². The van der Waals surface area contributed by atoms with Crippen LogP contribution in [0.25, 0.3) is 16.9 Å². The minimum Gasteiger partial charge on any atom is -0.465 e. The number of benzene rings is 2. The first-order valence-corrected chi connectivity index (χ1v) is 9.71. The van der Waals surface area contributed by atoms with E-state index in [0.29, 0.717) is 15.9 Å². The molecule has 0 spiro atoms. The highest BCUT2D eigenvalue weighted by molar-refractivity contribution is 7.11. The Kier molecular flexibility index (Phi) is 4.97. The van der Waals surface area contributed by atoms with Crippen LogP contribution in [0.1, 0.15) is 11.1 Å². The third-order valence-corrected chi connectivity index (χ3v) is 5.39. The molecule has 0 fully saturated rings. The predicted molar refractivity (Wildman–Crippen MR) is 108 cm³/mol. The second kappa shape index (κ2) is 7.57. The summed E-state index contributed by atoms with van der Waals surface area (Å²) in [6.07, 6.45) is 0. The number of tetrazole rings is 1. The van der Waals surface area contributed by atoms with Crippen molar-refractivity contribution in [3.63, 3.8) is 0 Å². The van der Waals surface area contributed by atoms with Crippen LogP contribution < -0.4 is 10.4 Å². The molecule has 0 saturated carbocycles. The van der Waals surface area contributed by atoms with Gasteiger partial charge in [-0.1, -0.05) is 53.3 Å². The third kappa shape index (κ3) is 3.44. The summed E-state index contributed by atoms with van der Waals surface area (Å²) in [7, 11) is 1.56. The number of aryl methyl sites for hydroxylation is 2. The highest BCUT2D eigenvalue weighted by Gasteiger charge is 2.15. The second-order valence-electron chi connectivity index (χ2n) is 6.14. The number of thiazole rings is 1. The normalized spacial score (nSPS) is 11.0. The van der Waals surface area contributed by atoms with E-state index >= 15 is 0 Å². The van der Waals surface area contributed by atoms with Gasteiger partial charge in [0.2, 0.25) is 0 Å². The molecule has 0 radical (unpaired) electrons. The number of hydrogen-bond acceptors (Lipinski definition) is 6. The minimum absolute atomic E-state index is 0.250. The molecule has 0 bridgehead atoms. The molecule has 0 saturated heterocycles. The zero-order chi connectivity index (χ0) is 19.7. The smallest absolute Gasteiger partial charge is 0.368 e.